The molecule has 4 rings (SSSR count). The standard InChI is InChI=1S/C26H26FN5O4S/c1-26(2,35)17-6-8-20(27)19(10-17)16-11-29-25(30-12-16)32-13-22(37(4)36)18-7-5-15(9-21(18)32)24(34)31(3)14-23(28)33/h5-13,35H,14H2,1-4H3,(H2,28,33). The Kier molecular flexibility index (Phi) is 6.94. The van der Waals surface area contributed by atoms with Crippen LogP contribution in [0.1, 0.15) is 29.8 Å². The summed E-state index contributed by atoms with van der Waals surface area (Å²) < 4.78 is 28.6. The topological polar surface area (TPSA) is 131 Å². The van der Waals surface area contributed by atoms with Gasteiger partial charge in [0.05, 0.1) is 33.4 Å². The summed E-state index contributed by atoms with van der Waals surface area (Å²) in [5.74, 6) is -1.31. The van der Waals surface area contributed by atoms with Crippen molar-refractivity contribution < 1.29 is 23.3 Å². The SMILES string of the molecule is CN(CC(N)=O)C(=O)c1ccc2c(S(C)=O)cn(-c3ncc(-c4cc(C(C)(C)O)ccc4F)cn3)c2c1. The van der Waals surface area contributed by atoms with Crippen molar-refractivity contribution in [1.82, 2.24) is 19.4 Å². The number of nitrogens with two attached hydrogens (primary N) is 1. The zero-order chi connectivity index (χ0) is 27.1. The van der Waals surface area contributed by atoms with Crippen LogP contribution < -0.4 is 5.73 Å². The fourth-order valence-corrected chi connectivity index (χ4v) is 4.70. The molecular formula is C26H26FN5O4S. The van der Waals surface area contributed by atoms with Gasteiger partial charge < -0.3 is 15.7 Å². The van der Waals surface area contributed by atoms with E-state index in [1.807, 2.05) is 0 Å². The number of carbonyl (C=O) groups is 2. The molecule has 3 N–H and O–H groups in total. The number of nitrogens with zero attached hydrogens (tertiary/aromatic N) is 4. The molecule has 0 aliphatic rings. The Balaban J connectivity index is 1.78. The first-order valence-corrected chi connectivity index (χ1v) is 12.8. The van der Waals surface area contributed by atoms with Gasteiger partial charge in [0.25, 0.3) is 5.91 Å². The molecule has 2 heterocycles. The highest BCUT2D eigenvalue weighted by Crippen LogP contribution is 2.30. The van der Waals surface area contributed by atoms with E-state index >= 15 is 0 Å². The number of carbonyl (C=O) groups excluding carboxylic acids is 2. The maximum absolute atomic E-state index is 14.6. The Morgan fingerprint density at radius 1 is 1.16 bits per heavy atom. The second-order valence-electron chi connectivity index (χ2n) is 9.20. The molecule has 0 fully saturated rings. The molecule has 1 atom stereocenters. The van der Waals surface area contributed by atoms with E-state index < -0.39 is 34.0 Å². The van der Waals surface area contributed by atoms with Crippen LogP contribution in [0.15, 0.2) is 59.9 Å². The van der Waals surface area contributed by atoms with E-state index in [9.17, 15) is 23.3 Å². The molecule has 192 valence electrons. The summed E-state index contributed by atoms with van der Waals surface area (Å²) in [4.78, 5) is 34.6. The van der Waals surface area contributed by atoms with Crippen molar-refractivity contribution in [2.75, 3.05) is 19.8 Å². The van der Waals surface area contributed by atoms with Gasteiger partial charge in [-0.05, 0) is 43.7 Å². The summed E-state index contributed by atoms with van der Waals surface area (Å²) in [7, 11) is 0.124. The Bertz CT molecular complexity index is 1540. The minimum absolute atomic E-state index is 0.222. The van der Waals surface area contributed by atoms with Crippen LogP contribution in [0.3, 0.4) is 0 Å². The molecular weight excluding hydrogens is 497 g/mol. The average molecular weight is 524 g/mol. The highest BCUT2D eigenvalue weighted by atomic mass is 32.2. The molecule has 0 aliphatic heterocycles. The van der Waals surface area contributed by atoms with E-state index in [1.54, 1.807) is 55.1 Å². The molecule has 2 amide bonds. The second-order valence-corrected chi connectivity index (χ2v) is 10.6. The maximum Gasteiger partial charge on any atom is 0.254 e. The largest absolute Gasteiger partial charge is 0.386 e. The van der Waals surface area contributed by atoms with Gasteiger partial charge in [-0.15, -0.1) is 0 Å². The zero-order valence-electron chi connectivity index (χ0n) is 20.7. The molecule has 2 aromatic carbocycles. The lowest BCUT2D eigenvalue weighted by Crippen LogP contribution is -2.35. The Morgan fingerprint density at radius 3 is 2.43 bits per heavy atom. The predicted octanol–water partition coefficient (Wildman–Crippen LogP) is 2.75. The third-order valence-corrected chi connectivity index (χ3v) is 6.85. The van der Waals surface area contributed by atoms with Crippen LogP contribution in [0, 0.1) is 5.82 Å². The van der Waals surface area contributed by atoms with Crippen LogP contribution in [-0.2, 0) is 21.2 Å². The molecule has 11 heteroatoms. The van der Waals surface area contributed by atoms with E-state index in [0.717, 1.165) is 0 Å². The molecule has 0 spiro atoms. The number of amides is 2. The number of aliphatic hydroxyl groups is 1. The van der Waals surface area contributed by atoms with Crippen molar-refractivity contribution in [2.45, 2.75) is 24.3 Å². The summed E-state index contributed by atoms with van der Waals surface area (Å²) in [6.45, 7) is 2.99. The summed E-state index contributed by atoms with van der Waals surface area (Å²) in [6, 6.07) is 9.23. The number of aromatic nitrogens is 3. The van der Waals surface area contributed by atoms with E-state index in [1.165, 1.54) is 36.5 Å². The van der Waals surface area contributed by atoms with Crippen LogP contribution in [0.25, 0.3) is 28.0 Å². The van der Waals surface area contributed by atoms with Crippen LogP contribution in [0.5, 0.6) is 0 Å². The number of likely N-dealkylation sites (N-methyl/N-ethyl adjacent to an activating group) is 1. The van der Waals surface area contributed by atoms with E-state index in [-0.39, 0.29) is 18.1 Å². The lowest BCUT2D eigenvalue weighted by Gasteiger charge is -2.19. The summed E-state index contributed by atoms with van der Waals surface area (Å²) >= 11 is 0. The van der Waals surface area contributed by atoms with Crippen LogP contribution >= 0.6 is 0 Å². The molecule has 0 aliphatic carbocycles. The smallest absolute Gasteiger partial charge is 0.254 e. The van der Waals surface area contributed by atoms with Crippen molar-refractivity contribution in [1.29, 1.82) is 0 Å². The summed E-state index contributed by atoms with van der Waals surface area (Å²) in [5, 5.41) is 10.9. The van der Waals surface area contributed by atoms with E-state index in [0.29, 0.717) is 32.5 Å². The third kappa shape index (κ3) is 5.27. The minimum atomic E-state index is -1.34. The van der Waals surface area contributed by atoms with Crippen LogP contribution in [0.2, 0.25) is 0 Å². The van der Waals surface area contributed by atoms with Crippen molar-refractivity contribution >= 4 is 33.5 Å². The first-order chi connectivity index (χ1) is 17.4. The summed E-state index contributed by atoms with van der Waals surface area (Å²) in [5.41, 5.74) is 6.07. The van der Waals surface area contributed by atoms with Gasteiger partial charge in [0, 0.05) is 54.0 Å². The normalized spacial score (nSPS) is 12.5. The number of benzene rings is 2. The van der Waals surface area contributed by atoms with Crippen LogP contribution in [-0.4, -0.2) is 60.4 Å². The molecule has 0 radical (unpaired) electrons. The quantitative estimate of drug-likeness (QED) is 0.383. The Morgan fingerprint density at radius 2 is 1.84 bits per heavy atom. The highest BCUT2D eigenvalue weighted by Gasteiger charge is 2.21. The monoisotopic (exact) mass is 523 g/mol. The number of hydrogen-bond donors (Lipinski definition) is 2. The Hall–Kier alpha value is -3.96. The van der Waals surface area contributed by atoms with Crippen molar-refractivity contribution in [3.8, 4) is 17.1 Å². The van der Waals surface area contributed by atoms with Gasteiger partial charge in [-0.3, -0.25) is 18.4 Å². The van der Waals surface area contributed by atoms with E-state index in [2.05, 4.69) is 9.97 Å². The molecule has 0 bridgehead atoms. The fraction of sp³-hybridized carbons (Fsp3) is 0.231. The highest BCUT2D eigenvalue weighted by molar-refractivity contribution is 7.84. The summed E-state index contributed by atoms with van der Waals surface area (Å²) in [6.07, 6.45) is 6.09. The van der Waals surface area contributed by atoms with Crippen molar-refractivity contribution in [3.05, 3.63) is 71.9 Å². The number of rotatable bonds is 7. The number of fused-ring (bicyclic) bond motifs is 1. The molecule has 37 heavy (non-hydrogen) atoms. The van der Waals surface area contributed by atoms with Gasteiger partial charge in [0.1, 0.15) is 5.82 Å². The fourth-order valence-electron chi connectivity index (χ4n) is 3.96. The average Bonchev–Trinajstić information content (AvgIpc) is 3.22. The minimum Gasteiger partial charge on any atom is -0.386 e. The van der Waals surface area contributed by atoms with E-state index in [4.69, 9.17) is 5.73 Å². The molecule has 0 saturated heterocycles. The van der Waals surface area contributed by atoms with Gasteiger partial charge in [0.2, 0.25) is 11.9 Å². The van der Waals surface area contributed by atoms with Gasteiger partial charge in [-0.1, -0.05) is 12.1 Å². The molecule has 4 aromatic rings. The zero-order valence-corrected chi connectivity index (χ0v) is 21.5. The lowest BCUT2D eigenvalue weighted by molar-refractivity contribution is -0.118. The van der Waals surface area contributed by atoms with Crippen molar-refractivity contribution in [3.63, 3.8) is 0 Å². The first-order valence-electron chi connectivity index (χ1n) is 11.2. The first kappa shape index (κ1) is 26.1. The maximum atomic E-state index is 14.6. The van der Waals surface area contributed by atoms with Gasteiger partial charge in [-0.25, -0.2) is 14.4 Å². The predicted molar refractivity (Wildman–Crippen MR) is 138 cm³/mol. The van der Waals surface area contributed by atoms with Gasteiger partial charge in [-0.2, -0.15) is 0 Å². The molecule has 9 nitrogen and oxygen atoms in total. The van der Waals surface area contributed by atoms with Gasteiger partial charge in [0.15, 0.2) is 0 Å². The second kappa shape index (κ2) is 9.83. The molecule has 0 saturated carbocycles. The lowest BCUT2D eigenvalue weighted by atomic mass is 9.95. The molecule has 2 aromatic heterocycles. The number of hydrogen-bond acceptors (Lipinski definition) is 6. The number of primary amides is 1. The van der Waals surface area contributed by atoms with Crippen LogP contribution in [0.4, 0.5) is 4.39 Å². The molecule has 1 unspecified atom stereocenters. The van der Waals surface area contributed by atoms with Gasteiger partial charge >= 0.3 is 0 Å². The number of halogens is 1. The third-order valence-electron chi connectivity index (χ3n) is 5.90. The van der Waals surface area contributed by atoms with Crippen molar-refractivity contribution in [2.24, 2.45) is 5.73 Å². The Labute approximate surface area is 215 Å².